The minimum atomic E-state index is -0.189. The van der Waals surface area contributed by atoms with Crippen LogP contribution in [0.4, 0.5) is 0 Å². The Morgan fingerprint density at radius 1 is 1.44 bits per heavy atom. The van der Waals surface area contributed by atoms with Crippen molar-refractivity contribution in [2.24, 2.45) is 0 Å². The van der Waals surface area contributed by atoms with Gasteiger partial charge in [0.1, 0.15) is 6.73 Å². The lowest BCUT2D eigenvalue weighted by atomic mass is 9.92. The van der Waals surface area contributed by atoms with Gasteiger partial charge in [0, 0.05) is 12.5 Å². The van der Waals surface area contributed by atoms with Crippen molar-refractivity contribution in [3.8, 4) is 0 Å². The Bertz CT molecular complexity index is 400. The predicted molar refractivity (Wildman–Crippen MR) is 62.4 cm³/mol. The van der Waals surface area contributed by atoms with Crippen LogP contribution in [0.1, 0.15) is 18.4 Å². The van der Waals surface area contributed by atoms with Crippen molar-refractivity contribution in [1.29, 1.82) is 0 Å². The second-order valence-corrected chi connectivity index (χ2v) is 4.04. The van der Waals surface area contributed by atoms with E-state index in [4.69, 9.17) is 5.11 Å². The second-order valence-electron chi connectivity index (χ2n) is 4.04. The van der Waals surface area contributed by atoms with Crippen molar-refractivity contribution < 1.29 is 9.90 Å². The molecule has 0 saturated carbocycles. The van der Waals surface area contributed by atoms with Crippen LogP contribution >= 0.6 is 0 Å². The first-order valence-corrected chi connectivity index (χ1v) is 5.36. The summed E-state index contributed by atoms with van der Waals surface area (Å²) in [5.41, 5.74) is 2.11. The summed E-state index contributed by atoms with van der Waals surface area (Å²) in [5.74, 6) is 0.0216. The third-order valence-electron chi connectivity index (χ3n) is 2.99. The Balaban J connectivity index is 1.96. The van der Waals surface area contributed by atoms with E-state index in [1.807, 2.05) is 30.3 Å². The quantitative estimate of drug-likeness (QED) is 0.779. The average molecular weight is 217 g/mol. The Labute approximate surface area is 95.0 Å². The van der Waals surface area contributed by atoms with Gasteiger partial charge in [0.15, 0.2) is 0 Å². The van der Waals surface area contributed by atoms with Gasteiger partial charge < -0.3 is 10.0 Å². The van der Waals surface area contributed by atoms with E-state index in [0.717, 1.165) is 17.6 Å². The van der Waals surface area contributed by atoms with E-state index in [-0.39, 0.29) is 18.7 Å². The Hall–Kier alpha value is -1.61. The number of carbonyl (C=O) groups excluding carboxylic acids is 1. The lowest BCUT2D eigenvalue weighted by Crippen LogP contribution is -2.52. The molecule has 1 aliphatic heterocycles. The molecular weight excluding hydrogens is 202 g/mol. The fraction of sp³-hybridized carbons (Fsp3) is 0.308. The predicted octanol–water partition coefficient (Wildman–Crippen LogP) is 1.64. The maximum Gasteiger partial charge on any atom is 0.226 e. The molecule has 0 aromatic heterocycles. The van der Waals surface area contributed by atoms with E-state index in [2.05, 4.69) is 6.58 Å². The molecule has 1 aromatic rings. The first-order valence-electron chi connectivity index (χ1n) is 5.36. The zero-order valence-electron chi connectivity index (χ0n) is 9.10. The van der Waals surface area contributed by atoms with E-state index < -0.39 is 0 Å². The third kappa shape index (κ3) is 1.99. The van der Waals surface area contributed by atoms with E-state index >= 15 is 0 Å². The van der Waals surface area contributed by atoms with Crippen molar-refractivity contribution in [3.63, 3.8) is 0 Å². The maximum atomic E-state index is 11.1. The molecule has 1 N–H and O–H groups in total. The number of hydrogen-bond acceptors (Lipinski definition) is 2. The minimum absolute atomic E-state index is 0.0216. The fourth-order valence-electron chi connectivity index (χ4n) is 1.97. The van der Waals surface area contributed by atoms with Gasteiger partial charge in [-0.3, -0.25) is 4.79 Å². The first-order chi connectivity index (χ1) is 7.72. The lowest BCUT2D eigenvalue weighted by molar-refractivity contribution is -0.151. The molecular formula is C13H15NO2. The van der Waals surface area contributed by atoms with Gasteiger partial charge in [-0.05, 0) is 17.6 Å². The van der Waals surface area contributed by atoms with Crippen LogP contribution in [0, 0.1) is 0 Å². The molecule has 3 heteroatoms. The summed E-state index contributed by atoms with van der Waals surface area (Å²) in [6, 6.07) is 10.0. The van der Waals surface area contributed by atoms with Crippen LogP contribution in [-0.2, 0) is 4.79 Å². The van der Waals surface area contributed by atoms with Gasteiger partial charge in [0.2, 0.25) is 5.91 Å². The number of benzene rings is 1. The summed E-state index contributed by atoms with van der Waals surface area (Å²) in [6.45, 7) is 3.83. The molecule has 1 saturated heterocycles. The normalized spacial score (nSPS) is 19.4. The Kier molecular flexibility index (Phi) is 3.06. The highest BCUT2D eigenvalue weighted by Crippen LogP contribution is 2.27. The van der Waals surface area contributed by atoms with Crippen LogP contribution in [0.25, 0.3) is 5.57 Å². The number of rotatable bonds is 4. The lowest BCUT2D eigenvalue weighted by Gasteiger charge is -2.39. The molecule has 1 aromatic carbocycles. The fourth-order valence-corrected chi connectivity index (χ4v) is 1.97. The van der Waals surface area contributed by atoms with E-state index in [1.54, 1.807) is 0 Å². The summed E-state index contributed by atoms with van der Waals surface area (Å²) in [6.07, 6.45) is 1.25. The number of hydrogen-bond donors (Lipinski definition) is 1. The Morgan fingerprint density at radius 2 is 2.12 bits per heavy atom. The smallest absolute Gasteiger partial charge is 0.226 e. The molecule has 0 aliphatic carbocycles. The van der Waals surface area contributed by atoms with Crippen molar-refractivity contribution >= 4 is 11.5 Å². The summed E-state index contributed by atoms with van der Waals surface area (Å²) in [5, 5.41) is 8.99. The van der Waals surface area contributed by atoms with Gasteiger partial charge in [0.25, 0.3) is 0 Å². The molecule has 0 radical (unpaired) electrons. The molecule has 0 spiro atoms. The highest BCUT2D eigenvalue weighted by atomic mass is 16.3. The van der Waals surface area contributed by atoms with E-state index in [0.29, 0.717) is 6.42 Å². The zero-order chi connectivity index (χ0) is 11.5. The number of nitrogens with zero attached hydrogens (tertiary/aromatic N) is 1. The zero-order valence-corrected chi connectivity index (χ0v) is 9.10. The van der Waals surface area contributed by atoms with Crippen LogP contribution in [0.5, 0.6) is 0 Å². The molecule has 1 atom stereocenters. The highest BCUT2D eigenvalue weighted by molar-refractivity contribution is 5.84. The van der Waals surface area contributed by atoms with Crippen molar-refractivity contribution in [2.45, 2.75) is 18.9 Å². The molecule has 16 heavy (non-hydrogen) atoms. The van der Waals surface area contributed by atoms with Crippen molar-refractivity contribution in [3.05, 3.63) is 42.5 Å². The number of aliphatic hydroxyl groups is 1. The van der Waals surface area contributed by atoms with Crippen molar-refractivity contribution in [2.75, 3.05) is 6.73 Å². The highest BCUT2D eigenvalue weighted by Gasteiger charge is 2.35. The molecule has 3 nitrogen and oxygen atoms in total. The summed E-state index contributed by atoms with van der Waals surface area (Å²) in [4.78, 5) is 12.6. The van der Waals surface area contributed by atoms with Crippen molar-refractivity contribution in [1.82, 2.24) is 4.90 Å². The van der Waals surface area contributed by atoms with E-state index in [1.165, 1.54) is 4.90 Å². The second kappa shape index (κ2) is 4.49. The SMILES string of the molecule is C=C(CC1CC(=O)N1CO)c1ccccc1. The van der Waals surface area contributed by atoms with Gasteiger partial charge in [0.05, 0.1) is 0 Å². The molecule has 2 rings (SSSR count). The number of amides is 1. The standard InChI is InChI=1S/C13H15NO2/c1-10(11-5-3-2-4-6-11)7-12-8-13(16)14(12)9-15/h2-6,12,15H,1,7-9H2. The molecule has 1 unspecified atom stereocenters. The van der Waals surface area contributed by atoms with Gasteiger partial charge >= 0.3 is 0 Å². The van der Waals surface area contributed by atoms with E-state index in [9.17, 15) is 4.79 Å². The number of β-lactam (4-membered cyclic amide) rings is 1. The van der Waals surface area contributed by atoms with Gasteiger partial charge in [-0.1, -0.05) is 36.9 Å². The third-order valence-corrected chi connectivity index (χ3v) is 2.99. The summed E-state index contributed by atoms with van der Waals surface area (Å²) in [7, 11) is 0. The molecule has 1 aliphatic rings. The average Bonchev–Trinajstić information content (AvgIpc) is 2.30. The number of aliphatic hydroxyl groups excluding tert-OH is 1. The van der Waals surface area contributed by atoms with Crippen LogP contribution in [-0.4, -0.2) is 28.7 Å². The summed E-state index contributed by atoms with van der Waals surface area (Å²) < 4.78 is 0. The molecule has 1 fully saturated rings. The maximum absolute atomic E-state index is 11.1. The number of likely N-dealkylation sites (tertiary alicyclic amines) is 1. The topological polar surface area (TPSA) is 40.5 Å². The van der Waals surface area contributed by atoms with Crippen LogP contribution < -0.4 is 0 Å². The number of carbonyl (C=O) groups is 1. The Morgan fingerprint density at radius 3 is 2.69 bits per heavy atom. The largest absolute Gasteiger partial charge is 0.376 e. The molecule has 84 valence electrons. The van der Waals surface area contributed by atoms with Crippen LogP contribution in [0.2, 0.25) is 0 Å². The minimum Gasteiger partial charge on any atom is -0.376 e. The van der Waals surface area contributed by atoms with Crippen LogP contribution in [0.15, 0.2) is 36.9 Å². The molecule has 1 heterocycles. The van der Waals surface area contributed by atoms with Gasteiger partial charge in [-0.25, -0.2) is 0 Å². The molecule has 0 bridgehead atoms. The summed E-state index contributed by atoms with van der Waals surface area (Å²) >= 11 is 0. The van der Waals surface area contributed by atoms with Gasteiger partial charge in [-0.2, -0.15) is 0 Å². The molecule has 1 amide bonds. The monoisotopic (exact) mass is 217 g/mol. The van der Waals surface area contributed by atoms with Gasteiger partial charge in [-0.15, -0.1) is 0 Å². The van der Waals surface area contributed by atoms with Crippen LogP contribution in [0.3, 0.4) is 0 Å². The first kappa shape index (κ1) is 10.9.